The van der Waals surface area contributed by atoms with Crippen molar-refractivity contribution in [3.05, 3.63) is 29.3 Å². The third-order valence-corrected chi connectivity index (χ3v) is 11.1. The molecule has 2 aliphatic heterocycles. The van der Waals surface area contributed by atoms with Crippen LogP contribution in [0.1, 0.15) is 95.1 Å². The van der Waals surface area contributed by atoms with Crippen molar-refractivity contribution in [3.8, 4) is 5.75 Å². The van der Waals surface area contributed by atoms with Crippen molar-refractivity contribution in [1.82, 2.24) is 9.80 Å². The number of carbonyl (C=O) groups is 1. The van der Waals surface area contributed by atoms with Gasteiger partial charge in [-0.25, -0.2) is 4.79 Å². The second-order valence-electron chi connectivity index (χ2n) is 12.9. The van der Waals surface area contributed by atoms with Gasteiger partial charge in [-0.05, 0) is 123 Å². The summed E-state index contributed by atoms with van der Waals surface area (Å²) in [5.41, 5.74) is 2.99. The molecule has 6 rings (SSSR count). The zero-order valence-electron chi connectivity index (χ0n) is 22.5. The van der Waals surface area contributed by atoms with Crippen LogP contribution in [0.15, 0.2) is 18.2 Å². The first kappa shape index (κ1) is 24.7. The molecule has 5 nitrogen and oxygen atoms in total. The Kier molecular flexibility index (Phi) is 6.83. The summed E-state index contributed by atoms with van der Waals surface area (Å²) >= 11 is 0. The molecule has 198 valence electrons. The van der Waals surface area contributed by atoms with Gasteiger partial charge in [-0.3, -0.25) is 0 Å². The Morgan fingerprint density at radius 3 is 2.61 bits per heavy atom. The van der Waals surface area contributed by atoms with E-state index in [2.05, 4.69) is 30.9 Å². The average molecular weight is 495 g/mol. The summed E-state index contributed by atoms with van der Waals surface area (Å²) in [5, 5.41) is 10.8. The fraction of sp³-hybridized carbons (Fsp3) is 0.774. The minimum Gasteiger partial charge on any atom is -0.410 e. The normalized spacial score (nSPS) is 36.9. The van der Waals surface area contributed by atoms with E-state index in [-0.39, 0.29) is 17.6 Å². The minimum absolute atomic E-state index is 0.0996. The van der Waals surface area contributed by atoms with E-state index in [1.165, 1.54) is 62.7 Å². The van der Waals surface area contributed by atoms with Crippen molar-refractivity contribution in [3.63, 3.8) is 0 Å². The van der Waals surface area contributed by atoms with Gasteiger partial charge in [0.25, 0.3) is 0 Å². The zero-order chi connectivity index (χ0) is 24.9. The van der Waals surface area contributed by atoms with E-state index in [1.54, 1.807) is 0 Å². The van der Waals surface area contributed by atoms with E-state index < -0.39 is 0 Å². The Morgan fingerprint density at radius 1 is 1.08 bits per heavy atom. The largest absolute Gasteiger partial charge is 0.415 e. The SMILES string of the molecule is CCC[C@@H]1Cc2cc(OC(=O)N3CCC(N4CCCC4)CC3)ccc2[C@H]2CC[C@]3(C)[C@@H](O)CC[C@H]3[C@H]12. The lowest BCUT2D eigenvalue weighted by atomic mass is 9.52. The molecule has 0 spiro atoms. The topological polar surface area (TPSA) is 53.0 Å². The monoisotopic (exact) mass is 494 g/mol. The third kappa shape index (κ3) is 4.28. The molecule has 3 aliphatic carbocycles. The van der Waals surface area contributed by atoms with Crippen LogP contribution in [0.2, 0.25) is 0 Å². The second-order valence-corrected chi connectivity index (χ2v) is 12.9. The van der Waals surface area contributed by atoms with E-state index in [0.717, 1.165) is 45.2 Å². The van der Waals surface area contributed by atoms with Gasteiger partial charge in [0.05, 0.1) is 6.10 Å². The Morgan fingerprint density at radius 2 is 1.86 bits per heavy atom. The Labute approximate surface area is 217 Å². The number of likely N-dealkylation sites (tertiary alicyclic amines) is 2. The van der Waals surface area contributed by atoms with E-state index in [4.69, 9.17) is 4.74 Å². The van der Waals surface area contributed by atoms with Crippen LogP contribution in [0, 0.1) is 23.2 Å². The van der Waals surface area contributed by atoms with E-state index >= 15 is 0 Å². The molecule has 5 heteroatoms. The summed E-state index contributed by atoms with van der Waals surface area (Å²) in [6.45, 7) is 8.73. The minimum atomic E-state index is -0.179. The summed E-state index contributed by atoms with van der Waals surface area (Å²) in [6, 6.07) is 7.13. The molecule has 36 heavy (non-hydrogen) atoms. The van der Waals surface area contributed by atoms with Crippen LogP contribution in [0.3, 0.4) is 0 Å². The number of aliphatic hydroxyl groups excluding tert-OH is 1. The Balaban J connectivity index is 1.15. The molecule has 4 fully saturated rings. The molecular formula is C31H46N2O3. The molecule has 6 atom stereocenters. The summed E-state index contributed by atoms with van der Waals surface area (Å²) in [7, 11) is 0. The lowest BCUT2D eigenvalue weighted by Gasteiger charge is -2.53. The predicted octanol–water partition coefficient (Wildman–Crippen LogP) is 5.99. The first-order valence-electron chi connectivity index (χ1n) is 15.0. The van der Waals surface area contributed by atoms with Crippen molar-refractivity contribution >= 4 is 6.09 Å². The number of hydrogen-bond acceptors (Lipinski definition) is 4. The Bertz CT molecular complexity index is 951. The van der Waals surface area contributed by atoms with Gasteiger partial charge in [0, 0.05) is 19.1 Å². The van der Waals surface area contributed by atoms with Crippen LogP contribution >= 0.6 is 0 Å². The molecule has 0 bridgehead atoms. The van der Waals surface area contributed by atoms with Crippen LogP contribution in [0.4, 0.5) is 4.79 Å². The van der Waals surface area contributed by atoms with Crippen LogP contribution in [0.5, 0.6) is 5.75 Å². The molecule has 5 aliphatic rings. The highest BCUT2D eigenvalue weighted by Gasteiger charge is 2.56. The summed E-state index contributed by atoms with van der Waals surface area (Å²) < 4.78 is 5.95. The number of rotatable bonds is 4. The highest BCUT2D eigenvalue weighted by atomic mass is 16.6. The molecule has 1 amide bonds. The quantitative estimate of drug-likeness (QED) is 0.559. The summed E-state index contributed by atoms with van der Waals surface area (Å²) in [5.74, 6) is 3.28. The second kappa shape index (κ2) is 9.94. The fourth-order valence-electron chi connectivity index (χ4n) is 9.14. The van der Waals surface area contributed by atoms with E-state index in [9.17, 15) is 9.90 Å². The highest BCUT2D eigenvalue weighted by molar-refractivity contribution is 5.71. The number of fused-ring (bicyclic) bond motifs is 5. The molecule has 2 heterocycles. The van der Waals surface area contributed by atoms with Crippen LogP contribution in [-0.4, -0.2) is 59.3 Å². The first-order chi connectivity index (χ1) is 17.5. The van der Waals surface area contributed by atoms with Crippen LogP contribution < -0.4 is 4.74 Å². The molecule has 0 radical (unpaired) electrons. The number of benzene rings is 1. The van der Waals surface area contributed by atoms with E-state index in [1.807, 2.05) is 11.0 Å². The number of hydrogen-bond donors (Lipinski definition) is 1. The maximum atomic E-state index is 13.0. The van der Waals surface area contributed by atoms with Gasteiger partial charge < -0.3 is 19.6 Å². The molecule has 1 aromatic carbocycles. The smallest absolute Gasteiger partial charge is 0.410 e. The first-order valence-corrected chi connectivity index (χ1v) is 15.0. The predicted molar refractivity (Wildman–Crippen MR) is 142 cm³/mol. The molecule has 2 saturated carbocycles. The van der Waals surface area contributed by atoms with Crippen molar-refractivity contribution in [2.24, 2.45) is 23.2 Å². The van der Waals surface area contributed by atoms with E-state index in [0.29, 0.717) is 35.5 Å². The average Bonchev–Trinajstić information content (AvgIpc) is 3.53. The number of carbonyl (C=O) groups excluding carboxylic acids is 1. The van der Waals surface area contributed by atoms with Crippen molar-refractivity contribution in [2.75, 3.05) is 26.2 Å². The van der Waals surface area contributed by atoms with Gasteiger partial charge in [-0.1, -0.05) is 32.8 Å². The van der Waals surface area contributed by atoms with Crippen molar-refractivity contribution < 1.29 is 14.6 Å². The number of amides is 1. The van der Waals surface area contributed by atoms with Crippen LogP contribution in [0.25, 0.3) is 0 Å². The summed E-state index contributed by atoms with van der Waals surface area (Å²) in [6.07, 6.45) is 12.5. The highest BCUT2D eigenvalue weighted by Crippen LogP contribution is 2.62. The molecule has 0 unspecified atom stereocenters. The maximum absolute atomic E-state index is 13.0. The third-order valence-electron chi connectivity index (χ3n) is 11.1. The molecule has 1 N–H and O–H groups in total. The Hall–Kier alpha value is -1.59. The van der Waals surface area contributed by atoms with Gasteiger partial charge in [0.1, 0.15) is 5.75 Å². The zero-order valence-corrected chi connectivity index (χ0v) is 22.5. The van der Waals surface area contributed by atoms with Gasteiger partial charge in [0.15, 0.2) is 0 Å². The maximum Gasteiger partial charge on any atom is 0.415 e. The number of piperidine rings is 1. The standard InChI is InChI=1S/C31H46N2O3/c1-3-6-21-19-22-20-24(36-30(35)33-17-12-23(13-18-33)32-15-4-5-16-32)7-8-25(22)26-11-14-31(2)27(29(21)26)9-10-28(31)34/h7-8,20-21,23,26-29,34H,3-6,9-19H2,1-2H3/t21-,26-,27+,28+,29-,31+/m1/s1. The molecule has 2 saturated heterocycles. The molecule has 1 aromatic rings. The molecular weight excluding hydrogens is 448 g/mol. The molecule has 0 aromatic heterocycles. The summed E-state index contributed by atoms with van der Waals surface area (Å²) in [4.78, 5) is 17.5. The number of ether oxygens (including phenoxy) is 1. The lowest BCUT2D eigenvalue weighted by molar-refractivity contribution is -0.0394. The number of aliphatic hydroxyl groups is 1. The van der Waals surface area contributed by atoms with Crippen LogP contribution in [-0.2, 0) is 6.42 Å². The van der Waals surface area contributed by atoms with Crippen molar-refractivity contribution in [1.29, 1.82) is 0 Å². The van der Waals surface area contributed by atoms with Gasteiger partial charge in [-0.2, -0.15) is 0 Å². The number of nitrogens with zero attached hydrogens (tertiary/aromatic N) is 2. The van der Waals surface area contributed by atoms with Gasteiger partial charge >= 0.3 is 6.09 Å². The fourth-order valence-corrected chi connectivity index (χ4v) is 9.14. The van der Waals surface area contributed by atoms with Gasteiger partial charge in [0.2, 0.25) is 0 Å². The van der Waals surface area contributed by atoms with Gasteiger partial charge in [-0.15, -0.1) is 0 Å². The van der Waals surface area contributed by atoms with Crippen molar-refractivity contribution in [2.45, 2.75) is 103 Å². The lowest BCUT2D eigenvalue weighted by Crippen LogP contribution is -2.47.